The van der Waals surface area contributed by atoms with Crippen LogP contribution >= 0.6 is 0 Å². The van der Waals surface area contributed by atoms with E-state index in [4.69, 9.17) is 9.47 Å². The van der Waals surface area contributed by atoms with Gasteiger partial charge < -0.3 is 9.47 Å². The highest BCUT2D eigenvalue weighted by Crippen LogP contribution is 2.27. The lowest BCUT2D eigenvalue weighted by atomic mass is 9.89. The van der Waals surface area contributed by atoms with E-state index in [0.717, 1.165) is 19.6 Å². The third-order valence-electron chi connectivity index (χ3n) is 3.29. The molecule has 0 aliphatic carbocycles. The monoisotopic (exact) mass is 232 g/mol. The van der Waals surface area contributed by atoms with Gasteiger partial charge in [-0.25, -0.2) is 0 Å². The maximum Gasteiger partial charge on any atom is 0.177 e. The Morgan fingerprint density at radius 2 is 1.88 bits per heavy atom. The first-order valence-electron chi connectivity index (χ1n) is 6.18. The predicted octanol–water partition coefficient (Wildman–Crippen LogP) is 3.49. The molecule has 92 valence electrons. The average Bonchev–Trinajstić information content (AvgIpc) is 2.39. The third-order valence-corrected chi connectivity index (χ3v) is 3.29. The van der Waals surface area contributed by atoms with Crippen molar-refractivity contribution in [1.29, 1.82) is 0 Å². The Labute approximate surface area is 103 Å². The van der Waals surface area contributed by atoms with Crippen molar-refractivity contribution in [1.82, 2.24) is 0 Å². The summed E-state index contributed by atoms with van der Waals surface area (Å²) in [6, 6.07) is 10.2. The molecule has 0 bridgehead atoms. The van der Waals surface area contributed by atoms with Crippen LogP contribution in [0.3, 0.4) is 0 Å². The summed E-state index contributed by atoms with van der Waals surface area (Å²) in [7, 11) is 0. The first-order valence-corrected chi connectivity index (χ1v) is 6.18. The molecule has 0 unspecified atom stereocenters. The van der Waals surface area contributed by atoms with Crippen LogP contribution in [0.1, 0.15) is 25.8 Å². The van der Waals surface area contributed by atoms with Gasteiger partial charge in [0.15, 0.2) is 6.29 Å². The largest absolute Gasteiger partial charge is 0.348 e. The lowest BCUT2D eigenvalue weighted by Crippen LogP contribution is -2.38. The maximum absolute atomic E-state index is 5.70. The number of ether oxygens (including phenoxy) is 2. The average molecular weight is 232 g/mol. The third kappa shape index (κ3) is 3.42. The van der Waals surface area contributed by atoms with E-state index >= 15 is 0 Å². The summed E-state index contributed by atoms with van der Waals surface area (Å²) in [4.78, 5) is 0. The second-order valence-electron chi connectivity index (χ2n) is 4.92. The number of benzene rings is 1. The van der Waals surface area contributed by atoms with Crippen molar-refractivity contribution in [2.24, 2.45) is 5.41 Å². The number of hydrogen-bond donors (Lipinski definition) is 0. The van der Waals surface area contributed by atoms with Gasteiger partial charge in [-0.2, -0.15) is 0 Å². The highest BCUT2D eigenvalue weighted by Gasteiger charge is 2.29. The second-order valence-corrected chi connectivity index (χ2v) is 4.92. The summed E-state index contributed by atoms with van der Waals surface area (Å²) < 4.78 is 11.4. The topological polar surface area (TPSA) is 18.5 Å². The fourth-order valence-electron chi connectivity index (χ4n) is 1.73. The molecule has 0 N–H and O–H groups in total. The van der Waals surface area contributed by atoms with Gasteiger partial charge >= 0.3 is 0 Å². The van der Waals surface area contributed by atoms with E-state index in [0.29, 0.717) is 0 Å². The molecule has 1 fully saturated rings. The van der Waals surface area contributed by atoms with Gasteiger partial charge in [0.2, 0.25) is 0 Å². The van der Waals surface area contributed by atoms with E-state index < -0.39 is 0 Å². The van der Waals surface area contributed by atoms with Crippen LogP contribution in [0.25, 0.3) is 6.08 Å². The fourth-order valence-corrected chi connectivity index (χ4v) is 1.73. The molecule has 2 rings (SSSR count). The molecule has 17 heavy (non-hydrogen) atoms. The normalized spacial score (nSPS) is 29.6. The SMILES string of the molecule is CCC1(C)COC(C=Cc2ccccc2)OC1. The van der Waals surface area contributed by atoms with Gasteiger partial charge in [-0.15, -0.1) is 0 Å². The van der Waals surface area contributed by atoms with Crippen LogP contribution in [0, 0.1) is 5.41 Å². The summed E-state index contributed by atoms with van der Waals surface area (Å²) in [6.07, 6.45) is 4.90. The van der Waals surface area contributed by atoms with E-state index in [1.54, 1.807) is 0 Å². The van der Waals surface area contributed by atoms with Gasteiger partial charge in [-0.05, 0) is 18.1 Å². The smallest absolute Gasteiger partial charge is 0.177 e. The van der Waals surface area contributed by atoms with E-state index in [2.05, 4.69) is 26.0 Å². The van der Waals surface area contributed by atoms with E-state index in [1.165, 1.54) is 5.56 Å². The highest BCUT2D eigenvalue weighted by atomic mass is 16.7. The maximum atomic E-state index is 5.70. The first-order chi connectivity index (χ1) is 8.22. The lowest BCUT2D eigenvalue weighted by molar-refractivity contribution is -0.202. The fraction of sp³-hybridized carbons (Fsp3) is 0.467. The van der Waals surface area contributed by atoms with Crippen LogP contribution < -0.4 is 0 Å². The van der Waals surface area contributed by atoms with Crippen LogP contribution in [0.2, 0.25) is 0 Å². The molecule has 1 aliphatic rings. The van der Waals surface area contributed by atoms with Crippen LogP contribution in [0.5, 0.6) is 0 Å². The zero-order valence-corrected chi connectivity index (χ0v) is 10.6. The van der Waals surface area contributed by atoms with Crippen molar-refractivity contribution in [2.45, 2.75) is 26.6 Å². The van der Waals surface area contributed by atoms with Gasteiger partial charge in [0, 0.05) is 5.41 Å². The molecule has 0 atom stereocenters. The molecule has 2 heteroatoms. The van der Waals surface area contributed by atoms with Crippen LogP contribution in [-0.4, -0.2) is 19.5 Å². The first kappa shape index (κ1) is 12.3. The van der Waals surface area contributed by atoms with Crippen molar-refractivity contribution >= 4 is 6.08 Å². The minimum atomic E-state index is -0.199. The molecule has 0 amide bonds. The molecular formula is C15H20O2. The molecule has 0 spiro atoms. The summed E-state index contributed by atoms with van der Waals surface area (Å²) in [5, 5.41) is 0. The Kier molecular flexibility index (Phi) is 3.97. The Balaban J connectivity index is 1.88. The quantitative estimate of drug-likeness (QED) is 0.794. The van der Waals surface area contributed by atoms with Crippen molar-refractivity contribution in [3.63, 3.8) is 0 Å². The van der Waals surface area contributed by atoms with Crippen molar-refractivity contribution in [3.8, 4) is 0 Å². The minimum Gasteiger partial charge on any atom is -0.348 e. The Bertz CT molecular complexity index is 362. The molecule has 2 nitrogen and oxygen atoms in total. The highest BCUT2D eigenvalue weighted by molar-refractivity contribution is 5.48. The van der Waals surface area contributed by atoms with E-state index in [9.17, 15) is 0 Å². The molecule has 1 saturated heterocycles. The van der Waals surface area contributed by atoms with E-state index in [-0.39, 0.29) is 11.7 Å². The molecule has 1 heterocycles. The summed E-state index contributed by atoms with van der Waals surface area (Å²) in [5.41, 5.74) is 1.35. The van der Waals surface area contributed by atoms with E-state index in [1.807, 2.05) is 30.4 Å². The minimum absolute atomic E-state index is 0.178. The van der Waals surface area contributed by atoms with Crippen LogP contribution in [0.4, 0.5) is 0 Å². The molecular weight excluding hydrogens is 212 g/mol. The Hall–Kier alpha value is -1.12. The number of rotatable bonds is 3. The second kappa shape index (κ2) is 5.48. The van der Waals surface area contributed by atoms with Gasteiger partial charge in [0.25, 0.3) is 0 Å². The zero-order chi connectivity index (χ0) is 12.1. The van der Waals surface area contributed by atoms with Crippen molar-refractivity contribution in [2.75, 3.05) is 13.2 Å². The summed E-state index contributed by atoms with van der Waals surface area (Å²) in [5.74, 6) is 0. The summed E-state index contributed by atoms with van der Waals surface area (Å²) >= 11 is 0. The van der Waals surface area contributed by atoms with Gasteiger partial charge in [-0.1, -0.05) is 50.3 Å². The Morgan fingerprint density at radius 3 is 2.47 bits per heavy atom. The van der Waals surface area contributed by atoms with Crippen molar-refractivity contribution in [3.05, 3.63) is 42.0 Å². The zero-order valence-electron chi connectivity index (χ0n) is 10.6. The number of hydrogen-bond acceptors (Lipinski definition) is 2. The predicted molar refractivity (Wildman–Crippen MR) is 69.6 cm³/mol. The standard InChI is InChI=1S/C15H20O2/c1-3-15(2)11-16-14(17-12-15)10-9-13-7-5-4-6-8-13/h4-10,14H,3,11-12H2,1-2H3. The molecule has 1 aromatic carbocycles. The molecule has 0 saturated carbocycles. The van der Waals surface area contributed by atoms with Crippen molar-refractivity contribution < 1.29 is 9.47 Å². The molecule has 1 aromatic rings. The van der Waals surface area contributed by atoms with Gasteiger partial charge in [-0.3, -0.25) is 0 Å². The molecule has 0 aromatic heterocycles. The molecule has 0 radical (unpaired) electrons. The summed E-state index contributed by atoms with van der Waals surface area (Å²) in [6.45, 7) is 5.91. The van der Waals surface area contributed by atoms with Crippen LogP contribution in [0.15, 0.2) is 36.4 Å². The Morgan fingerprint density at radius 1 is 1.24 bits per heavy atom. The van der Waals surface area contributed by atoms with Gasteiger partial charge in [0.1, 0.15) is 0 Å². The lowest BCUT2D eigenvalue weighted by Gasteiger charge is -2.35. The van der Waals surface area contributed by atoms with Gasteiger partial charge in [0.05, 0.1) is 13.2 Å². The molecule has 1 aliphatic heterocycles. The van der Waals surface area contributed by atoms with Crippen LogP contribution in [-0.2, 0) is 9.47 Å².